The van der Waals surface area contributed by atoms with Gasteiger partial charge in [0.05, 0.1) is 10.0 Å². The van der Waals surface area contributed by atoms with Crippen LogP contribution in [0.15, 0.2) is 72.9 Å². The van der Waals surface area contributed by atoms with Gasteiger partial charge < -0.3 is 10.7 Å². The summed E-state index contributed by atoms with van der Waals surface area (Å²) < 4.78 is 0. The van der Waals surface area contributed by atoms with E-state index in [-0.39, 0.29) is 5.92 Å². The highest BCUT2D eigenvalue weighted by atomic mass is 35.5. The molecule has 1 atom stereocenters. The summed E-state index contributed by atoms with van der Waals surface area (Å²) in [6.07, 6.45) is 2.06. The van der Waals surface area contributed by atoms with Crippen LogP contribution in [0.3, 0.4) is 0 Å². The lowest BCUT2D eigenvalue weighted by Crippen LogP contribution is -2.03. The van der Waals surface area contributed by atoms with Gasteiger partial charge in [0, 0.05) is 28.7 Å². The molecule has 4 heteroatoms. The van der Waals surface area contributed by atoms with E-state index in [0.717, 1.165) is 22.3 Å². The van der Waals surface area contributed by atoms with Crippen LogP contribution in [-0.2, 0) is 0 Å². The van der Waals surface area contributed by atoms with Crippen molar-refractivity contribution in [3.63, 3.8) is 0 Å². The summed E-state index contributed by atoms with van der Waals surface area (Å²) in [6, 6.07) is 22.1. The zero-order chi connectivity index (χ0) is 17.4. The number of nitrogens with two attached hydrogens (primary N) is 1. The number of nitrogen functional groups attached to an aromatic ring is 1. The van der Waals surface area contributed by atoms with Gasteiger partial charge in [-0.15, -0.1) is 0 Å². The van der Waals surface area contributed by atoms with Crippen molar-refractivity contribution in [1.82, 2.24) is 4.98 Å². The Morgan fingerprint density at radius 3 is 2.28 bits per heavy atom. The topological polar surface area (TPSA) is 41.8 Å². The van der Waals surface area contributed by atoms with Gasteiger partial charge in [-0.25, -0.2) is 0 Å². The van der Waals surface area contributed by atoms with Gasteiger partial charge in [0.25, 0.3) is 0 Å². The first-order valence-corrected chi connectivity index (χ1v) is 8.75. The number of H-pyrrole nitrogens is 1. The van der Waals surface area contributed by atoms with Crippen molar-refractivity contribution < 1.29 is 0 Å². The smallest absolute Gasteiger partial charge is 0.0595 e. The molecule has 1 aromatic heterocycles. The predicted molar refractivity (Wildman–Crippen MR) is 107 cm³/mol. The maximum atomic E-state index is 6.29. The van der Waals surface area contributed by atoms with E-state index in [1.165, 1.54) is 10.9 Å². The highest BCUT2D eigenvalue weighted by Crippen LogP contribution is 2.38. The number of anilines is 1. The lowest BCUT2D eigenvalue weighted by Gasteiger charge is -2.19. The second-order valence-electron chi connectivity index (χ2n) is 6.06. The van der Waals surface area contributed by atoms with Crippen LogP contribution in [-0.4, -0.2) is 4.98 Å². The minimum Gasteiger partial charge on any atom is -0.399 e. The first-order valence-electron chi connectivity index (χ1n) is 8.00. The third kappa shape index (κ3) is 2.99. The molecule has 0 saturated carbocycles. The molecule has 1 heterocycles. The molecule has 0 aliphatic rings. The summed E-state index contributed by atoms with van der Waals surface area (Å²) in [5.41, 5.74) is 11.2. The summed E-state index contributed by atoms with van der Waals surface area (Å²) in [6.45, 7) is 0. The highest BCUT2D eigenvalue weighted by molar-refractivity contribution is 6.42. The van der Waals surface area contributed by atoms with Crippen LogP contribution in [0, 0.1) is 0 Å². The molecule has 4 aromatic rings. The maximum Gasteiger partial charge on any atom is 0.0595 e. The maximum absolute atomic E-state index is 6.29. The zero-order valence-electron chi connectivity index (χ0n) is 13.3. The Balaban J connectivity index is 1.95. The minimum absolute atomic E-state index is 0.0338. The molecular weight excluding hydrogens is 351 g/mol. The standard InChI is InChI=1S/C21H16Cl2N2/c22-18-10-7-14(11-19(18)23)21(13-5-8-15(24)9-6-13)17-12-25-20-4-2-1-3-16(17)20/h1-12,21,25H,24H2. The molecule has 1 unspecified atom stereocenters. The monoisotopic (exact) mass is 366 g/mol. The van der Waals surface area contributed by atoms with Gasteiger partial charge in [0.15, 0.2) is 0 Å². The number of aromatic amines is 1. The van der Waals surface area contributed by atoms with Crippen LogP contribution in [0.4, 0.5) is 5.69 Å². The minimum atomic E-state index is 0.0338. The second-order valence-corrected chi connectivity index (χ2v) is 6.88. The third-order valence-electron chi connectivity index (χ3n) is 4.48. The molecule has 0 bridgehead atoms. The van der Waals surface area contributed by atoms with E-state index in [4.69, 9.17) is 28.9 Å². The Morgan fingerprint density at radius 1 is 0.800 bits per heavy atom. The van der Waals surface area contributed by atoms with Gasteiger partial charge in [0.2, 0.25) is 0 Å². The van der Waals surface area contributed by atoms with Crippen molar-refractivity contribution in [2.75, 3.05) is 5.73 Å². The molecule has 4 rings (SSSR count). The first-order chi connectivity index (χ1) is 12.1. The number of aromatic nitrogens is 1. The fourth-order valence-corrected chi connectivity index (χ4v) is 3.57. The number of nitrogens with one attached hydrogen (secondary N) is 1. The molecule has 124 valence electrons. The summed E-state index contributed by atoms with van der Waals surface area (Å²) >= 11 is 12.4. The molecule has 0 saturated heterocycles. The first kappa shape index (κ1) is 16.1. The molecule has 0 radical (unpaired) electrons. The van der Waals surface area contributed by atoms with Gasteiger partial charge in [-0.05, 0) is 47.0 Å². The molecule has 0 aliphatic carbocycles. The van der Waals surface area contributed by atoms with Crippen molar-refractivity contribution in [2.24, 2.45) is 0 Å². The number of halogens is 2. The number of fused-ring (bicyclic) bond motifs is 1. The van der Waals surface area contributed by atoms with Gasteiger partial charge in [-0.2, -0.15) is 0 Å². The van der Waals surface area contributed by atoms with Crippen LogP contribution in [0.5, 0.6) is 0 Å². The predicted octanol–water partition coefficient (Wildman–Crippen LogP) is 6.24. The summed E-state index contributed by atoms with van der Waals surface area (Å²) in [4.78, 5) is 3.36. The fourth-order valence-electron chi connectivity index (χ4n) is 3.26. The van der Waals surface area contributed by atoms with E-state index < -0.39 is 0 Å². The van der Waals surface area contributed by atoms with Gasteiger partial charge in [-0.3, -0.25) is 0 Å². The average molecular weight is 367 g/mol. The van der Waals surface area contributed by atoms with E-state index in [1.54, 1.807) is 0 Å². The fraction of sp³-hybridized carbons (Fsp3) is 0.0476. The van der Waals surface area contributed by atoms with Crippen molar-refractivity contribution in [3.8, 4) is 0 Å². The van der Waals surface area contributed by atoms with Gasteiger partial charge >= 0.3 is 0 Å². The van der Waals surface area contributed by atoms with E-state index >= 15 is 0 Å². The van der Waals surface area contributed by atoms with Gasteiger partial charge in [0.1, 0.15) is 0 Å². The van der Waals surface area contributed by atoms with Crippen molar-refractivity contribution in [2.45, 2.75) is 5.92 Å². The Hall–Kier alpha value is -2.42. The molecule has 3 N–H and O–H groups in total. The molecular formula is C21H16Cl2N2. The SMILES string of the molecule is Nc1ccc(C(c2ccc(Cl)c(Cl)c2)c2c[nH]c3ccccc23)cc1. The van der Waals surface area contributed by atoms with Crippen molar-refractivity contribution in [1.29, 1.82) is 0 Å². The van der Waals surface area contributed by atoms with Crippen LogP contribution in [0.1, 0.15) is 22.6 Å². The molecule has 25 heavy (non-hydrogen) atoms. The largest absolute Gasteiger partial charge is 0.399 e. The number of hydrogen-bond acceptors (Lipinski definition) is 1. The Labute approximate surface area is 156 Å². The van der Waals surface area contributed by atoms with Crippen LogP contribution >= 0.6 is 23.2 Å². The van der Waals surface area contributed by atoms with Crippen LogP contribution < -0.4 is 5.73 Å². The Kier molecular flexibility index (Phi) is 4.16. The lowest BCUT2D eigenvalue weighted by atomic mass is 9.85. The van der Waals surface area contributed by atoms with E-state index in [0.29, 0.717) is 10.0 Å². The van der Waals surface area contributed by atoms with Crippen molar-refractivity contribution in [3.05, 3.63) is 99.7 Å². The Bertz CT molecular complexity index is 1040. The average Bonchev–Trinajstić information content (AvgIpc) is 3.04. The molecule has 0 spiro atoms. The molecule has 3 aromatic carbocycles. The van der Waals surface area contributed by atoms with E-state index in [2.05, 4.69) is 41.5 Å². The van der Waals surface area contributed by atoms with Crippen LogP contribution in [0.25, 0.3) is 10.9 Å². The number of benzene rings is 3. The molecule has 0 aliphatic heterocycles. The van der Waals surface area contributed by atoms with Gasteiger partial charge in [-0.1, -0.05) is 59.6 Å². The Morgan fingerprint density at radius 2 is 1.52 bits per heavy atom. The third-order valence-corrected chi connectivity index (χ3v) is 5.22. The lowest BCUT2D eigenvalue weighted by molar-refractivity contribution is 0.988. The number of para-hydroxylation sites is 1. The molecule has 0 amide bonds. The summed E-state index contributed by atoms with van der Waals surface area (Å²) in [7, 11) is 0. The number of rotatable bonds is 3. The second kappa shape index (κ2) is 6.47. The van der Waals surface area contributed by atoms with E-state index in [9.17, 15) is 0 Å². The normalized spacial score (nSPS) is 12.4. The highest BCUT2D eigenvalue weighted by Gasteiger charge is 2.21. The molecule has 2 nitrogen and oxygen atoms in total. The zero-order valence-corrected chi connectivity index (χ0v) is 14.9. The van der Waals surface area contributed by atoms with E-state index in [1.807, 2.05) is 36.4 Å². The van der Waals surface area contributed by atoms with Crippen molar-refractivity contribution >= 4 is 39.8 Å². The number of hydrogen-bond donors (Lipinski definition) is 2. The summed E-state index contributed by atoms with van der Waals surface area (Å²) in [5.74, 6) is 0.0338. The quantitative estimate of drug-likeness (QED) is 0.414. The summed E-state index contributed by atoms with van der Waals surface area (Å²) in [5, 5.41) is 2.30. The molecule has 0 fully saturated rings. The van der Waals surface area contributed by atoms with Crippen LogP contribution in [0.2, 0.25) is 10.0 Å².